The van der Waals surface area contributed by atoms with E-state index < -0.39 is 0 Å². The van der Waals surface area contributed by atoms with Crippen LogP contribution in [0.3, 0.4) is 0 Å². The zero-order valence-corrected chi connectivity index (χ0v) is 13.1. The van der Waals surface area contributed by atoms with Gasteiger partial charge in [0.15, 0.2) is 0 Å². The maximum absolute atomic E-state index is 10.1. The second kappa shape index (κ2) is 6.24. The molecule has 0 heterocycles. The van der Waals surface area contributed by atoms with Crippen molar-refractivity contribution in [1.29, 1.82) is 0 Å². The molecule has 2 rings (SSSR count). The Kier molecular flexibility index (Phi) is 4.92. The molecule has 1 aliphatic rings. The summed E-state index contributed by atoms with van der Waals surface area (Å²) in [6, 6.07) is 4.35. The minimum Gasteiger partial charge on any atom is -0.507 e. The van der Waals surface area contributed by atoms with Crippen molar-refractivity contribution in [3.63, 3.8) is 0 Å². The Labute approximate surface area is 120 Å². The maximum Gasteiger partial charge on any atom is 0.123 e. The summed E-state index contributed by atoms with van der Waals surface area (Å²) >= 11 is 6.91. The molecule has 0 aromatic heterocycles. The summed E-state index contributed by atoms with van der Waals surface area (Å²) in [6.45, 7) is 0. The molecule has 0 atom stereocenters. The molecule has 1 fully saturated rings. The van der Waals surface area contributed by atoms with Gasteiger partial charge in [-0.3, -0.25) is 0 Å². The van der Waals surface area contributed by atoms with Crippen molar-refractivity contribution in [2.75, 3.05) is 0 Å². The largest absolute Gasteiger partial charge is 0.507 e. The van der Waals surface area contributed by atoms with E-state index in [-0.39, 0.29) is 0 Å². The summed E-state index contributed by atoms with van der Waals surface area (Å²) < 4.78 is 0. The number of rotatable bonds is 3. The van der Waals surface area contributed by atoms with E-state index >= 15 is 0 Å². The predicted octanol–water partition coefficient (Wildman–Crippen LogP) is 5.23. The topological polar surface area (TPSA) is 20.2 Å². The standard InChI is InChI=1S/C14H18Br2O/c15-8-12-6-11(7-13(9-16)14(12)17)10-4-2-1-3-5-10/h6-7,10,17H,1-5,8-9H2. The van der Waals surface area contributed by atoms with Crippen LogP contribution in [0.4, 0.5) is 0 Å². The lowest BCUT2D eigenvalue weighted by molar-refractivity contribution is 0.440. The first-order valence-electron chi connectivity index (χ1n) is 6.23. The van der Waals surface area contributed by atoms with Gasteiger partial charge in [-0.25, -0.2) is 0 Å². The second-order valence-corrected chi connectivity index (χ2v) is 5.91. The number of phenolic OH excluding ortho intramolecular Hbond substituents is 1. The van der Waals surface area contributed by atoms with E-state index in [9.17, 15) is 5.11 Å². The first-order valence-corrected chi connectivity index (χ1v) is 8.47. The average molecular weight is 362 g/mol. The smallest absolute Gasteiger partial charge is 0.123 e. The van der Waals surface area contributed by atoms with Gasteiger partial charge in [0.05, 0.1) is 0 Å². The van der Waals surface area contributed by atoms with Gasteiger partial charge in [0.2, 0.25) is 0 Å². The highest BCUT2D eigenvalue weighted by molar-refractivity contribution is 9.08. The summed E-state index contributed by atoms with van der Waals surface area (Å²) in [5.41, 5.74) is 3.44. The van der Waals surface area contributed by atoms with Crippen molar-refractivity contribution in [1.82, 2.24) is 0 Å². The molecule has 17 heavy (non-hydrogen) atoms. The van der Waals surface area contributed by atoms with Crippen LogP contribution in [0.1, 0.15) is 54.7 Å². The molecule has 0 aliphatic heterocycles. The van der Waals surface area contributed by atoms with Crippen molar-refractivity contribution in [3.8, 4) is 5.75 Å². The Morgan fingerprint density at radius 1 is 1.00 bits per heavy atom. The van der Waals surface area contributed by atoms with Crippen LogP contribution in [-0.2, 0) is 10.7 Å². The summed E-state index contributed by atoms with van der Waals surface area (Å²) in [7, 11) is 0. The fourth-order valence-corrected chi connectivity index (χ4v) is 3.52. The lowest BCUT2D eigenvalue weighted by Crippen LogP contribution is -2.05. The molecule has 0 spiro atoms. The van der Waals surface area contributed by atoms with Crippen LogP contribution in [-0.4, -0.2) is 5.11 Å². The third-order valence-corrected chi connectivity index (χ3v) is 4.86. The van der Waals surface area contributed by atoms with Crippen molar-refractivity contribution in [2.24, 2.45) is 0 Å². The van der Waals surface area contributed by atoms with Crippen molar-refractivity contribution < 1.29 is 5.11 Å². The van der Waals surface area contributed by atoms with Crippen LogP contribution in [0.15, 0.2) is 12.1 Å². The number of phenols is 1. The molecular weight excluding hydrogens is 344 g/mol. The molecule has 1 saturated carbocycles. The molecule has 0 amide bonds. The molecule has 3 heteroatoms. The Bertz CT molecular complexity index is 359. The Morgan fingerprint density at radius 2 is 1.53 bits per heavy atom. The highest BCUT2D eigenvalue weighted by Gasteiger charge is 2.18. The van der Waals surface area contributed by atoms with E-state index in [0.717, 1.165) is 21.8 Å². The average Bonchev–Trinajstić information content (AvgIpc) is 2.40. The summed E-state index contributed by atoms with van der Waals surface area (Å²) in [6.07, 6.45) is 6.67. The molecule has 94 valence electrons. The van der Waals surface area contributed by atoms with Gasteiger partial charge in [-0.1, -0.05) is 63.3 Å². The summed E-state index contributed by atoms with van der Waals surface area (Å²) in [5.74, 6) is 1.14. The first kappa shape index (κ1) is 13.4. The number of aromatic hydroxyl groups is 1. The molecule has 0 saturated heterocycles. The lowest BCUT2D eigenvalue weighted by Gasteiger charge is -2.23. The van der Waals surface area contributed by atoms with E-state index in [1.807, 2.05) is 0 Å². The molecular formula is C14H18Br2O. The van der Waals surface area contributed by atoms with Crippen LogP contribution < -0.4 is 0 Å². The molecule has 0 bridgehead atoms. The molecule has 1 aliphatic carbocycles. The fraction of sp³-hybridized carbons (Fsp3) is 0.571. The lowest BCUT2D eigenvalue weighted by atomic mass is 9.83. The highest BCUT2D eigenvalue weighted by atomic mass is 79.9. The van der Waals surface area contributed by atoms with E-state index in [1.54, 1.807) is 0 Å². The van der Waals surface area contributed by atoms with Crippen LogP contribution in [0.25, 0.3) is 0 Å². The van der Waals surface area contributed by atoms with Crippen molar-refractivity contribution in [3.05, 3.63) is 28.8 Å². The quantitative estimate of drug-likeness (QED) is 0.731. The Hall–Kier alpha value is -0.0200. The number of hydrogen-bond acceptors (Lipinski definition) is 1. The van der Waals surface area contributed by atoms with Gasteiger partial charge in [0.1, 0.15) is 5.75 Å². The van der Waals surface area contributed by atoms with Gasteiger partial charge in [-0.2, -0.15) is 0 Å². The van der Waals surface area contributed by atoms with Crippen molar-refractivity contribution >= 4 is 31.9 Å². The van der Waals surface area contributed by atoms with E-state index in [1.165, 1.54) is 37.7 Å². The van der Waals surface area contributed by atoms with Crippen LogP contribution >= 0.6 is 31.9 Å². The third kappa shape index (κ3) is 3.05. The van der Waals surface area contributed by atoms with Crippen LogP contribution in [0.2, 0.25) is 0 Å². The van der Waals surface area contributed by atoms with Crippen molar-refractivity contribution in [2.45, 2.75) is 48.7 Å². The second-order valence-electron chi connectivity index (χ2n) is 4.79. The summed E-state index contributed by atoms with van der Waals surface area (Å²) in [4.78, 5) is 0. The minimum absolute atomic E-state index is 0.443. The van der Waals surface area contributed by atoms with E-state index in [4.69, 9.17) is 0 Å². The molecule has 1 aromatic carbocycles. The molecule has 1 aromatic rings. The Balaban J connectivity index is 2.33. The van der Waals surface area contributed by atoms with Gasteiger partial charge < -0.3 is 5.11 Å². The SMILES string of the molecule is Oc1c(CBr)cc(C2CCCCC2)cc1CBr. The number of hydrogen-bond donors (Lipinski definition) is 1. The minimum atomic E-state index is 0.443. The van der Waals surface area contributed by atoms with Gasteiger partial charge in [-0.15, -0.1) is 0 Å². The number of halogens is 2. The van der Waals surface area contributed by atoms with Gasteiger partial charge in [-0.05, 0) is 24.3 Å². The van der Waals surface area contributed by atoms with E-state index in [2.05, 4.69) is 44.0 Å². The third-order valence-electron chi connectivity index (χ3n) is 3.65. The zero-order valence-electron chi connectivity index (χ0n) is 9.88. The van der Waals surface area contributed by atoms with Crippen LogP contribution in [0, 0.1) is 0 Å². The molecule has 0 radical (unpaired) electrons. The predicted molar refractivity (Wildman–Crippen MR) is 79.2 cm³/mol. The maximum atomic E-state index is 10.1. The van der Waals surface area contributed by atoms with E-state index in [0.29, 0.717) is 11.7 Å². The molecule has 1 N–H and O–H groups in total. The first-order chi connectivity index (χ1) is 8.26. The van der Waals surface area contributed by atoms with Crippen LogP contribution in [0.5, 0.6) is 5.75 Å². The Morgan fingerprint density at radius 3 is 2.00 bits per heavy atom. The summed E-state index contributed by atoms with van der Waals surface area (Å²) in [5, 5.41) is 11.5. The fourth-order valence-electron chi connectivity index (χ4n) is 2.66. The zero-order chi connectivity index (χ0) is 12.3. The molecule has 1 nitrogen and oxygen atoms in total. The highest BCUT2D eigenvalue weighted by Crippen LogP contribution is 2.37. The normalized spacial score (nSPS) is 17.3. The molecule has 0 unspecified atom stereocenters. The van der Waals surface area contributed by atoms with Gasteiger partial charge in [0.25, 0.3) is 0 Å². The number of benzene rings is 1. The number of alkyl halides is 2. The monoisotopic (exact) mass is 360 g/mol. The van der Waals surface area contributed by atoms with Gasteiger partial charge >= 0.3 is 0 Å². The van der Waals surface area contributed by atoms with Gasteiger partial charge in [0, 0.05) is 21.8 Å².